The lowest BCUT2D eigenvalue weighted by Crippen LogP contribution is -1.89. The molecular formula is C7H2BrF2NO. The fourth-order valence-electron chi connectivity index (χ4n) is 0.672. The summed E-state index contributed by atoms with van der Waals surface area (Å²) in [5.41, 5.74) is -0.147. The highest BCUT2D eigenvalue weighted by molar-refractivity contribution is 9.10. The maximum absolute atomic E-state index is 12.5. The number of phenols is 1. The van der Waals surface area contributed by atoms with Gasteiger partial charge in [-0.3, -0.25) is 0 Å². The molecule has 0 unspecified atom stereocenters. The van der Waals surface area contributed by atoms with E-state index in [1.54, 1.807) is 6.07 Å². The molecule has 1 aromatic carbocycles. The molecule has 2 nitrogen and oxygen atoms in total. The molecule has 0 amide bonds. The molecule has 0 aliphatic carbocycles. The third-order valence-corrected chi connectivity index (χ3v) is 2.06. The molecule has 1 N–H and O–H groups in total. The number of benzene rings is 1. The average molecular weight is 234 g/mol. The zero-order valence-electron chi connectivity index (χ0n) is 5.61. The molecule has 0 aliphatic rings. The van der Waals surface area contributed by atoms with Crippen molar-refractivity contribution in [3.8, 4) is 11.8 Å². The summed E-state index contributed by atoms with van der Waals surface area (Å²) in [5, 5.41) is 17.3. The minimum atomic E-state index is -1.36. The van der Waals surface area contributed by atoms with Crippen molar-refractivity contribution in [2.24, 2.45) is 0 Å². The van der Waals surface area contributed by atoms with Crippen LogP contribution in [0.15, 0.2) is 10.5 Å². The lowest BCUT2D eigenvalue weighted by atomic mass is 10.2. The van der Waals surface area contributed by atoms with E-state index in [-0.39, 0.29) is 10.0 Å². The third-order valence-electron chi connectivity index (χ3n) is 1.25. The maximum atomic E-state index is 12.5. The minimum Gasteiger partial charge on any atom is -0.504 e. The highest BCUT2D eigenvalue weighted by Gasteiger charge is 2.15. The van der Waals surface area contributed by atoms with E-state index >= 15 is 0 Å². The Hall–Kier alpha value is -1.15. The lowest BCUT2D eigenvalue weighted by molar-refractivity contribution is 0.404. The largest absolute Gasteiger partial charge is 0.504 e. The van der Waals surface area contributed by atoms with Gasteiger partial charge in [0, 0.05) is 0 Å². The van der Waals surface area contributed by atoms with Crippen molar-refractivity contribution >= 4 is 15.9 Å². The molecule has 0 fully saturated rings. The van der Waals surface area contributed by atoms with Crippen molar-refractivity contribution in [1.29, 1.82) is 5.26 Å². The molecule has 0 spiro atoms. The van der Waals surface area contributed by atoms with E-state index in [1.165, 1.54) is 0 Å². The Kier molecular flexibility index (Phi) is 2.29. The molecule has 0 radical (unpaired) electrons. The van der Waals surface area contributed by atoms with E-state index in [4.69, 9.17) is 10.4 Å². The van der Waals surface area contributed by atoms with Crippen molar-refractivity contribution in [2.45, 2.75) is 0 Å². The molecule has 0 atom stereocenters. The second kappa shape index (κ2) is 3.07. The van der Waals surface area contributed by atoms with Crippen LogP contribution < -0.4 is 0 Å². The molecule has 0 saturated carbocycles. The van der Waals surface area contributed by atoms with Gasteiger partial charge < -0.3 is 5.11 Å². The normalized spacial score (nSPS) is 9.50. The Morgan fingerprint density at radius 1 is 1.50 bits per heavy atom. The lowest BCUT2D eigenvalue weighted by Gasteiger charge is -2.00. The third kappa shape index (κ3) is 1.25. The molecule has 62 valence electrons. The smallest absolute Gasteiger partial charge is 0.201 e. The number of rotatable bonds is 0. The molecular weight excluding hydrogens is 232 g/mol. The van der Waals surface area contributed by atoms with Crippen molar-refractivity contribution in [1.82, 2.24) is 0 Å². The van der Waals surface area contributed by atoms with Crippen molar-refractivity contribution in [2.75, 3.05) is 0 Å². The van der Waals surface area contributed by atoms with E-state index in [9.17, 15) is 8.78 Å². The van der Waals surface area contributed by atoms with Crippen LogP contribution in [-0.4, -0.2) is 5.11 Å². The first kappa shape index (κ1) is 8.94. The van der Waals surface area contributed by atoms with Gasteiger partial charge in [0.1, 0.15) is 6.07 Å². The van der Waals surface area contributed by atoms with Crippen molar-refractivity contribution in [3.63, 3.8) is 0 Å². The van der Waals surface area contributed by atoms with E-state index in [0.29, 0.717) is 6.07 Å². The van der Waals surface area contributed by atoms with Gasteiger partial charge in [-0.15, -0.1) is 0 Å². The van der Waals surface area contributed by atoms with Gasteiger partial charge in [-0.05, 0) is 22.0 Å². The van der Waals surface area contributed by atoms with Crippen LogP contribution in [0.25, 0.3) is 0 Å². The Labute approximate surface area is 75.2 Å². The zero-order chi connectivity index (χ0) is 9.30. The molecule has 0 aromatic heterocycles. The summed E-state index contributed by atoms with van der Waals surface area (Å²) in [6.45, 7) is 0. The summed E-state index contributed by atoms with van der Waals surface area (Å²) < 4.78 is 24.9. The van der Waals surface area contributed by atoms with Crippen LogP contribution in [0.1, 0.15) is 5.56 Å². The molecule has 0 saturated heterocycles. The number of phenolic OH excluding ortho intramolecular Hbond substituents is 1. The standard InChI is InChI=1S/C7H2BrF2NO/c8-5-3(2-11)1-4(9)6(10)7(5)12/h1,12H. The molecule has 1 rings (SSSR count). The van der Waals surface area contributed by atoms with Crippen molar-refractivity contribution in [3.05, 3.63) is 27.7 Å². The van der Waals surface area contributed by atoms with Crippen LogP contribution in [0, 0.1) is 23.0 Å². The number of nitriles is 1. The molecule has 12 heavy (non-hydrogen) atoms. The van der Waals surface area contributed by atoms with Gasteiger partial charge in [-0.1, -0.05) is 0 Å². The first-order chi connectivity index (χ1) is 5.57. The number of hydrogen-bond acceptors (Lipinski definition) is 2. The summed E-state index contributed by atoms with van der Waals surface area (Å²) >= 11 is 2.75. The molecule has 1 aromatic rings. The van der Waals surface area contributed by atoms with Crippen LogP contribution in [0.5, 0.6) is 5.75 Å². The first-order valence-electron chi connectivity index (χ1n) is 2.84. The maximum Gasteiger partial charge on any atom is 0.201 e. The van der Waals surface area contributed by atoms with Crippen LogP contribution in [0.4, 0.5) is 8.78 Å². The summed E-state index contributed by atoms with van der Waals surface area (Å²) in [6, 6.07) is 2.30. The topological polar surface area (TPSA) is 44.0 Å². The summed E-state index contributed by atoms with van der Waals surface area (Å²) in [4.78, 5) is 0. The van der Waals surface area contributed by atoms with Gasteiger partial charge in [0.15, 0.2) is 11.6 Å². The van der Waals surface area contributed by atoms with Gasteiger partial charge in [-0.2, -0.15) is 9.65 Å². The molecule has 0 heterocycles. The molecule has 0 aliphatic heterocycles. The average Bonchev–Trinajstić information content (AvgIpc) is 2.08. The monoisotopic (exact) mass is 233 g/mol. The molecule has 5 heteroatoms. The second-order valence-corrected chi connectivity index (χ2v) is 2.79. The summed E-state index contributed by atoms with van der Waals surface area (Å²) in [7, 11) is 0. The summed E-state index contributed by atoms with van der Waals surface area (Å²) in [6.07, 6.45) is 0. The van der Waals surface area contributed by atoms with Gasteiger partial charge in [0.2, 0.25) is 5.82 Å². The quantitative estimate of drug-likeness (QED) is 0.700. The van der Waals surface area contributed by atoms with E-state index in [2.05, 4.69) is 15.9 Å². The SMILES string of the molecule is N#Cc1cc(F)c(F)c(O)c1Br. The van der Waals surface area contributed by atoms with Gasteiger partial charge in [0.25, 0.3) is 0 Å². The summed E-state index contributed by atoms with van der Waals surface area (Å²) in [5.74, 6) is -3.49. The Morgan fingerprint density at radius 2 is 2.08 bits per heavy atom. The van der Waals surface area contributed by atoms with Crippen LogP contribution in [0.3, 0.4) is 0 Å². The van der Waals surface area contributed by atoms with Gasteiger partial charge in [-0.25, -0.2) is 4.39 Å². The predicted octanol–water partition coefficient (Wildman–Crippen LogP) is 2.30. The Balaban J connectivity index is 3.52. The van der Waals surface area contributed by atoms with Crippen LogP contribution in [0.2, 0.25) is 0 Å². The first-order valence-corrected chi connectivity index (χ1v) is 3.63. The number of halogens is 3. The number of nitrogens with zero attached hydrogens (tertiary/aromatic N) is 1. The highest BCUT2D eigenvalue weighted by Crippen LogP contribution is 2.31. The Bertz CT molecular complexity index is 373. The fraction of sp³-hybridized carbons (Fsp3) is 0. The van der Waals surface area contributed by atoms with Crippen LogP contribution in [-0.2, 0) is 0 Å². The van der Waals surface area contributed by atoms with Crippen molar-refractivity contribution < 1.29 is 13.9 Å². The van der Waals surface area contributed by atoms with Crippen LogP contribution >= 0.6 is 15.9 Å². The second-order valence-electron chi connectivity index (χ2n) is 1.99. The van der Waals surface area contributed by atoms with E-state index in [0.717, 1.165) is 0 Å². The Morgan fingerprint density at radius 3 is 2.58 bits per heavy atom. The van der Waals surface area contributed by atoms with E-state index < -0.39 is 17.4 Å². The minimum absolute atomic E-state index is 0.135. The highest BCUT2D eigenvalue weighted by atomic mass is 79.9. The number of hydrogen-bond donors (Lipinski definition) is 1. The molecule has 0 bridgehead atoms. The fourth-order valence-corrected chi connectivity index (χ4v) is 1.05. The predicted molar refractivity (Wildman–Crippen MR) is 40.4 cm³/mol. The zero-order valence-corrected chi connectivity index (χ0v) is 7.19. The van der Waals surface area contributed by atoms with Gasteiger partial charge in [0.05, 0.1) is 10.0 Å². The number of aromatic hydroxyl groups is 1. The van der Waals surface area contributed by atoms with E-state index in [1.807, 2.05) is 0 Å². The van der Waals surface area contributed by atoms with Gasteiger partial charge >= 0.3 is 0 Å².